The van der Waals surface area contributed by atoms with Gasteiger partial charge in [0.2, 0.25) is 0 Å². The van der Waals surface area contributed by atoms with Crippen LogP contribution in [-0.4, -0.2) is 20.3 Å². The third kappa shape index (κ3) is 3.95. The van der Waals surface area contributed by atoms with E-state index in [4.69, 9.17) is 0 Å². The fraction of sp³-hybridized carbons (Fsp3) is 1.00. The summed E-state index contributed by atoms with van der Waals surface area (Å²) in [5.41, 5.74) is 0. The summed E-state index contributed by atoms with van der Waals surface area (Å²) in [6.45, 7) is 0. The van der Waals surface area contributed by atoms with Crippen LogP contribution in [0.1, 0.15) is 7.43 Å². The van der Waals surface area contributed by atoms with Crippen LogP contribution < -0.4 is 10.6 Å². The van der Waals surface area contributed by atoms with Gasteiger partial charge < -0.3 is 0 Å². The summed E-state index contributed by atoms with van der Waals surface area (Å²) in [4.78, 5) is 0. The van der Waals surface area contributed by atoms with E-state index in [1.165, 1.54) is 14.1 Å². The van der Waals surface area contributed by atoms with Gasteiger partial charge in [-0.3, -0.25) is 0 Å². The summed E-state index contributed by atoms with van der Waals surface area (Å²) in [5, 5.41) is 3.49. The van der Waals surface area contributed by atoms with Crippen molar-refractivity contribution in [3.8, 4) is 0 Å². The van der Waals surface area contributed by atoms with Gasteiger partial charge in [-0.1, -0.05) is 7.43 Å². The molecule has 52 valence electrons. The average Bonchev–Trinajstić information content (AvgIpc) is 1.68. The molecular formula is C4H12F2N2. The van der Waals surface area contributed by atoms with Crippen LogP contribution in [0.3, 0.4) is 0 Å². The third-order valence-electron chi connectivity index (χ3n) is 0.628. The molecule has 2 nitrogen and oxygen atoms in total. The number of halogens is 2. The highest BCUT2D eigenvalue weighted by atomic mass is 19.3. The van der Waals surface area contributed by atoms with Gasteiger partial charge in [-0.05, 0) is 14.1 Å². The highest BCUT2D eigenvalue weighted by Gasteiger charge is 2.21. The Labute approximate surface area is 48.3 Å². The summed E-state index contributed by atoms with van der Waals surface area (Å²) in [7, 11) is 2.35. The van der Waals surface area contributed by atoms with Crippen LogP contribution in [0, 0.1) is 0 Å². The maximum absolute atomic E-state index is 11.7. The van der Waals surface area contributed by atoms with E-state index in [9.17, 15) is 8.78 Å². The lowest BCUT2D eigenvalue weighted by Gasteiger charge is -2.11. The number of hydrogen-bond acceptors (Lipinski definition) is 2. The molecule has 0 unspecified atom stereocenters. The normalized spacial score (nSPS) is 10.5. The maximum atomic E-state index is 11.7. The van der Waals surface area contributed by atoms with Gasteiger partial charge in [0.1, 0.15) is 0 Å². The van der Waals surface area contributed by atoms with Gasteiger partial charge in [0.05, 0.1) is 0 Å². The lowest BCUT2D eigenvalue weighted by Crippen LogP contribution is -2.45. The standard InChI is InChI=1S/C3H8F2N2.CH4/c1-6-3(4,5)7-2;/h6-7H,1-2H3;1H4. The minimum Gasteiger partial charge on any atom is -0.247 e. The smallest absolute Gasteiger partial charge is 0.247 e. The van der Waals surface area contributed by atoms with Crippen molar-refractivity contribution < 1.29 is 8.78 Å². The number of rotatable bonds is 2. The lowest BCUT2D eigenvalue weighted by molar-refractivity contribution is -0.0541. The fourth-order valence-electron chi connectivity index (χ4n) is 0.125. The molecular weight excluding hydrogens is 114 g/mol. The first-order valence-corrected chi connectivity index (χ1v) is 1.88. The second-order valence-electron chi connectivity index (χ2n) is 1.07. The number of alkyl halides is 2. The van der Waals surface area contributed by atoms with E-state index in [1.54, 1.807) is 10.6 Å². The van der Waals surface area contributed by atoms with Gasteiger partial charge in [0, 0.05) is 0 Å². The topological polar surface area (TPSA) is 24.1 Å². The van der Waals surface area contributed by atoms with Crippen LogP contribution in [0.25, 0.3) is 0 Å². The molecule has 4 heteroatoms. The van der Waals surface area contributed by atoms with Gasteiger partial charge >= 0.3 is 6.17 Å². The molecule has 0 aliphatic rings. The average molecular weight is 126 g/mol. The third-order valence-corrected chi connectivity index (χ3v) is 0.628. The number of hydrogen-bond donors (Lipinski definition) is 2. The predicted octanol–water partition coefficient (Wildman–Crippen LogP) is 0.612. The molecule has 0 aromatic carbocycles. The van der Waals surface area contributed by atoms with E-state index < -0.39 is 6.17 Å². The first-order valence-electron chi connectivity index (χ1n) is 1.88. The van der Waals surface area contributed by atoms with E-state index in [0.717, 1.165) is 0 Å². The van der Waals surface area contributed by atoms with Gasteiger partial charge in [-0.25, -0.2) is 10.6 Å². The summed E-state index contributed by atoms with van der Waals surface area (Å²) >= 11 is 0. The van der Waals surface area contributed by atoms with E-state index in [-0.39, 0.29) is 7.43 Å². The monoisotopic (exact) mass is 126 g/mol. The molecule has 0 spiro atoms. The zero-order valence-electron chi connectivity index (χ0n) is 4.26. The molecule has 0 radical (unpaired) electrons. The SMILES string of the molecule is C.CNC(F)(F)NC. The fourth-order valence-corrected chi connectivity index (χ4v) is 0.125. The van der Waals surface area contributed by atoms with Gasteiger partial charge in [0.25, 0.3) is 0 Å². The molecule has 2 N–H and O–H groups in total. The minimum absolute atomic E-state index is 0. The molecule has 0 aromatic heterocycles. The van der Waals surface area contributed by atoms with Crippen molar-refractivity contribution in [2.75, 3.05) is 14.1 Å². The van der Waals surface area contributed by atoms with Gasteiger partial charge in [-0.15, -0.1) is 0 Å². The molecule has 0 amide bonds. The van der Waals surface area contributed by atoms with Crippen LogP contribution in [0.5, 0.6) is 0 Å². The zero-order valence-corrected chi connectivity index (χ0v) is 4.26. The van der Waals surface area contributed by atoms with E-state index in [0.29, 0.717) is 0 Å². The second kappa shape index (κ2) is 3.74. The van der Waals surface area contributed by atoms with Crippen LogP contribution in [-0.2, 0) is 0 Å². The Morgan fingerprint density at radius 1 is 1.12 bits per heavy atom. The van der Waals surface area contributed by atoms with E-state index in [1.807, 2.05) is 0 Å². The zero-order chi connectivity index (χ0) is 5.91. The van der Waals surface area contributed by atoms with Gasteiger partial charge in [-0.2, -0.15) is 8.78 Å². The molecule has 0 aromatic rings. The molecule has 0 rings (SSSR count). The summed E-state index contributed by atoms with van der Waals surface area (Å²) in [5.74, 6) is 0. The van der Waals surface area contributed by atoms with E-state index >= 15 is 0 Å². The Morgan fingerprint density at radius 3 is 1.38 bits per heavy atom. The molecule has 0 bridgehead atoms. The summed E-state index contributed by atoms with van der Waals surface area (Å²) in [6.07, 6.45) is -2.92. The van der Waals surface area contributed by atoms with Gasteiger partial charge in [0.15, 0.2) is 0 Å². The highest BCUT2D eigenvalue weighted by molar-refractivity contribution is 4.48. The van der Waals surface area contributed by atoms with Crippen molar-refractivity contribution in [1.82, 2.24) is 10.6 Å². The Bertz CT molecular complexity index is 50.0. The summed E-state index contributed by atoms with van der Waals surface area (Å²) < 4.78 is 23.3. The molecule has 0 aliphatic heterocycles. The Hall–Kier alpha value is -0.220. The minimum atomic E-state index is -2.92. The molecule has 0 fully saturated rings. The van der Waals surface area contributed by atoms with Crippen molar-refractivity contribution >= 4 is 0 Å². The van der Waals surface area contributed by atoms with Crippen molar-refractivity contribution in [3.05, 3.63) is 0 Å². The second-order valence-corrected chi connectivity index (χ2v) is 1.07. The van der Waals surface area contributed by atoms with Crippen LogP contribution in [0.4, 0.5) is 8.78 Å². The van der Waals surface area contributed by atoms with Crippen molar-refractivity contribution in [3.63, 3.8) is 0 Å². The molecule has 0 aliphatic carbocycles. The van der Waals surface area contributed by atoms with E-state index in [2.05, 4.69) is 0 Å². The van der Waals surface area contributed by atoms with Crippen LogP contribution >= 0.6 is 0 Å². The predicted molar refractivity (Wildman–Crippen MR) is 29.8 cm³/mol. The van der Waals surface area contributed by atoms with Crippen molar-refractivity contribution in [2.24, 2.45) is 0 Å². The Kier molecular flexibility index (Phi) is 5.01. The molecule has 0 saturated heterocycles. The molecule has 8 heavy (non-hydrogen) atoms. The highest BCUT2D eigenvalue weighted by Crippen LogP contribution is 1.98. The maximum Gasteiger partial charge on any atom is 0.364 e. The molecule has 0 heterocycles. The van der Waals surface area contributed by atoms with Crippen LogP contribution in [0.2, 0.25) is 0 Å². The van der Waals surface area contributed by atoms with Crippen molar-refractivity contribution in [2.45, 2.75) is 13.6 Å². The molecule has 0 saturated carbocycles. The Balaban J connectivity index is 0. The first-order chi connectivity index (χ1) is 3.12. The lowest BCUT2D eigenvalue weighted by atomic mass is 10.9. The summed E-state index contributed by atoms with van der Waals surface area (Å²) in [6, 6.07) is 0. The Morgan fingerprint density at radius 2 is 1.38 bits per heavy atom. The van der Waals surface area contributed by atoms with Crippen LogP contribution in [0.15, 0.2) is 0 Å². The molecule has 0 atom stereocenters. The quantitative estimate of drug-likeness (QED) is 0.418. The first kappa shape index (κ1) is 10.7. The number of nitrogens with one attached hydrogen (secondary N) is 2. The van der Waals surface area contributed by atoms with Crippen molar-refractivity contribution in [1.29, 1.82) is 0 Å². The largest absolute Gasteiger partial charge is 0.364 e.